The van der Waals surface area contributed by atoms with Gasteiger partial charge in [-0.2, -0.15) is 0 Å². The lowest BCUT2D eigenvalue weighted by atomic mass is 10.0. The van der Waals surface area contributed by atoms with Crippen molar-refractivity contribution in [3.05, 3.63) is 59.1 Å². The molecule has 0 unspecified atom stereocenters. The molecule has 1 amide bonds. The van der Waals surface area contributed by atoms with Crippen molar-refractivity contribution in [2.75, 3.05) is 30.8 Å². The van der Waals surface area contributed by atoms with E-state index in [2.05, 4.69) is 22.6 Å². The van der Waals surface area contributed by atoms with Gasteiger partial charge in [-0.25, -0.2) is 0 Å². The zero-order chi connectivity index (χ0) is 19.9. The molecule has 2 aromatic rings. The Labute approximate surface area is 171 Å². The van der Waals surface area contributed by atoms with Gasteiger partial charge < -0.3 is 15.5 Å². The third-order valence-electron chi connectivity index (χ3n) is 5.02. The summed E-state index contributed by atoms with van der Waals surface area (Å²) in [4.78, 5) is 26.9. The summed E-state index contributed by atoms with van der Waals surface area (Å²) in [7, 11) is 2.13. The third kappa shape index (κ3) is 5.81. The predicted molar refractivity (Wildman–Crippen MR) is 114 cm³/mol. The van der Waals surface area contributed by atoms with Gasteiger partial charge in [-0.1, -0.05) is 23.7 Å². The zero-order valence-electron chi connectivity index (χ0n) is 16.1. The Bertz CT molecular complexity index is 815. The Balaban J connectivity index is 1.53. The molecule has 0 aliphatic carbocycles. The Morgan fingerprint density at radius 3 is 2.32 bits per heavy atom. The molecule has 0 atom stereocenters. The second-order valence-corrected chi connectivity index (χ2v) is 7.68. The van der Waals surface area contributed by atoms with E-state index >= 15 is 0 Å². The standard InChI is InChI=1S/C22H26ClN3O2/c1-26-14-12-18(13-15-26)24-19-4-2-3-5-20(19)25-22(28)11-10-21(27)16-6-8-17(23)9-7-16/h2-9,18,24H,10-15H2,1H3,(H,25,28). The molecule has 2 N–H and O–H groups in total. The third-order valence-corrected chi connectivity index (χ3v) is 5.28. The van der Waals surface area contributed by atoms with Gasteiger partial charge in [-0.05, 0) is 69.4 Å². The molecule has 0 bridgehead atoms. The lowest BCUT2D eigenvalue weighted by Crippen LogP contribution is -2.36. The summed E-state index contributed by atoms with van der Waals surface area (Å²) in [5.74, 6) is -0.232. The van der Waals surface area contributed by atoms with Crippen LogP contribution in [0.5, 0.6) is 0 Å². The molecule has 0 spiro atoms. The maximum Gasteiger partial charge on any atom is 0.224 e. The normalized spacial score (nSPS) is 15.2. The number of ketones is 1. The minimum Gasteiger partial charge on any atom is -0.381 e. The number of amides is 1. The van der Waals surface area contributed by atoms with Gasteiger partial charge in [0.15, 0.2) is 5.78 Å². The first kappa shape index (κ1) is 20.4. The Morgan fingerprint density at radius 1 is 1.00 bits per heavy atom. The first-order valence-electron chi connectivity index (χ1n) is 9.64. The number of hydrogen-bond donors (Lipinski definition) is 2. The van der Waals surface area contributed by atoms with Crippen molar-refractivity contribution in [2.24, 2.45) is 0 Å². The van der Waals surface area contributed by atoms with E-state index in [0.717, 1.165) is 37.3 Å². The molecule has 1 aliphatic rings. The van der Waals surface area contributed by atoms with Crippen LogP contribution in [0.4, 0.5) is 11.4 Å². The van der Waals surface area contributed by atoms with Gasteiger partial charge in [0.1, 0.15) is 0 Å². The number of carbonyl (C=O) groups excluding carboxylic acids is 2. The van der Waals surface area contributed by atoms with Crippen LogP contribution in [0.2, 0.25) is 5.02 Å². The molecule has 28 heavy (non-hydrogen) atoms. The van der Waals surface area contributed by atoms with Crippen LogP contribution in [-0.2, 0) is 4.79 Å². The number of piperidine rings is 1. The fourth-order valence-electron chi connectivity index (χ4n) is 3.31. The summed E-state index contributed by atoms with van der Waals surface area (Å²) in [5, 5.41) is 7.08. The Kier molecular flexibility index (Phi) is 7.06. The number of anilines is 2. The molecule has 0 radical (unpaired) electrons. The number of nitrogens with zero attached hydrogens (tertiary/aromatic N) is 1. The summed E-state index contributed by atoms with van der Waals surface area (Å²) >= 11 is 5.84. The first-order chi connectivity index (χ1) is 13.5. The lowest BCUT2D eigenvalue weighted by molar-refractivity contribution is -0.116. The van der Waals surface area contributed by atoms with E-state index in [4.69, 9.17) is 11.6 Å². The van der Waals surface area contributed by atoms with Gasteiger partial charge in [0, 0.05) is 29.5 Å². The van der Waals surface area contributed by atoms with Gasteiger partial charge in [0.2, 0.25) is 5.91 Å². The summed E-state index contributed by atoms with van der Waals surface area (Å²) in [5.41, 5.74) is 2.25. The molecular formula is C22H26ClN3O2. The number of rotatable bonds is 7. The summed E-state index contributed by atoms with van der Waals surface area (Å²) in [6.07, 6.45) is 2.46. The highest BCUT2D eigenvalue weighted by Crippen LogP contribution is 2.24. The molecule has 2 aromatic carbocycles. The number of Topliss-reactive ketones (excluding diaryl/α,β-unsaturated/α-hetero) is 1. The topological polar surface area (TPSA) is 61.4 Å². The van der Waals surface area contributed by atoms with Crippen LogP contribution in [0.25, 0.3) is 0 Å². The highest BCUT2D eigenvalue weighted by Gasteiger charge is 2.18. The second kappa shape index (κ2) is 9.71. The number of halogens is 1. The lowest BCUT2D eigenvalue weighted by Gasteiger charge is -2.30. The molecule has 0 saturated carbocycles. The largest absolute Gasteiger partial charge is 0.381 e. The van der Waals surface area contributed by atoms with Gasteiger partial charge in [-0.15, -0.1) is 0 Å². The Hall–Kier alpha value is -2.37. The second-order valence-electron chi connectivity index (χ2n) is 7.25. The maximum absolute atomic E-state index is 12.4. The molecule has 1 heterocycles. The number of hydrogen-bond acceptors (Lipinski definition) is 4. The quantitative estimate of drug-likeness (QED) is 0.675. The molecular weight excluding hydrogens is 374 g/mol. The van der Waals surface area contributed by atoms with Crippen LogP contribution in [0.1, 0.15) is 36.0 Å². The highest BCUT2D eigenvalue weighted by molar-refractivity contribution is 6.30. The van der Waals surface area contributed by atoms with E-state index in [9.17, 15) is 9.59 Å². The molecule has 6 heteroatoms. The smallest absolute Gasteiger partial charge is 0.224 e. The molecule has 1 aliphatic heterocycles. The van der Waals surface area contributed by atoms with Crippen molar-refractivity contribution < 1.29 is 9.59 Å². The maximum atomic E-state index is 12.4. The minimum absolute atomic E-state index is 0.0652. The van der Waals surface area contributed by atoms with Crippen LogP contribution < -0.4 is 10.6 Å². The average Bonchev–Trinajstić information content (AvgIpc) is 2.70. The average molecular weight is 400 g/mol. The summed E-state index contributed by atoms with van der Waals surface area (Å²) < 4.78 is 0. The molecule has 3 rings (SSSR count). The van der Waals surface area contributed by atoms with Crippen LogP contribution >= 0.6 is 11.6 Å². The van der Waals surface area contributed by atoms with Crippen LogP contribution in [0.3, 0.4) is 0 Å². The fraction of sp³-hybridized carbons (Fsp3) is 0.364. The Morgan fingerprint density at radius 2 is 1.64 bits per heavy atom. The SMILES string of the molecule is CN1CCC(Nc2ccccc2NC(=O)CCC(=O)c2ccc(Cl)cc2)CC1. The van der Waals surface area contributed by atoms with Crippen LogP contribution in [-0.4, -0.2) is 42.8 Å². The molecule has 0 aromatic heterocycles. The number of nitrogens with one attached hydrogen (secondary N) is 2. The van der Waals surface area contributed by atoms with E-state index in [1.165, 1.54) is 0 Å². The van der Waals surface area contributed by atoms with Crippen molar-refractivity contribution in [2.45, 2.75) is 31.7 Å². The molecule has 1 fully saturated rings. The molecule has 1 saturated heterocycles. The fourth-order valence-corrected chi connectivity index (χ4v) is 3.44. The van der Waals surface area contributed by atoms with Gasteiger partial charge in [0.05, 0.1) is 11.4 Å². The monoisotopic (exact) mass is 399 g/mol. The van der Waals surface area contributed by atoms with Gasteiger partial charge in [0.25, 0.3) is 0 Å². The summed E-state index contributed by atoms with van der Waals surface area (Å²) in [6, 6.07) is 14.8. The van der Waals surface area contributed by atoms with Gasteiger partial charge in [-0.3, -0.25) is 9.59 Å². The molecule has 5 nitrogen and oxygen atoms in total. The van der Waals surface area contributed by atoms with Crippen molar-refractivity contribution in [1.29, 1.82) is 0 Å². The van der Waals surface area contributed by atoms with Crippen molar-refractivity contribution in [3.63, 3.8) is 0 Å². The number of likely N-dealkylation sites (tertiary alicyclic amines) is 1. The van der Waals surface area contributed by atoms with E-state index in [-0.39, 0.29) is 24.5 Å². The zero-order valence-corrected chi connectivity index (χ0v) is 16.8. The van der Waals surface area contributed by atoms with E-state index in [1.807, 2.05) is 24.3 Å². The van der Waals surface area contributed by atoms with E-state index in [0.29, 0.717) is 16.6 Å². The first-order valence-corrected chi connectivity index (χ1v) is 10.0. The van der Waals surface area contributed by atoms with Crippen molar-refractivity contribution >= 4 is 34.7 Å². The van der Waals surface area contributed by atoms with Crippen molar-refractivity contribution in [1.82, 2.24) is 4.90 Å². The van der Waals surface area contributed by atoms with Crippen LogP contribution in [0.15, 0.2) is 48.5 Å². The number of para-hydroxylation sites is 2. The summed E-state index contributed by atoms with van der Waals surface area (Å²) in [6.45, 7) is 2.14. The van der Waals surface area contributed by atoms with Crippen molar-refractivity contribution in [3.8, 4) is 0 Å². The van der Waals surface area contributed by atoms with E-state index in [1.54, 1.807) is 24.3 Å². The van der Waals surface area contributed by atoms with Gasteiger partial charge >= 0.3 is 0 Å². The number of carbonyl (C=O) groups is 2. The predicted octanol–water partition coefficient (Wildman–Crippen LogP) is 4.45. The van der Waals surface area contributed by atoms with Crippen LogP contribution in [0, 0.1) is 0 Å². The highest BCUT2D eigenvalue weighted by atomic mass is 35.5. The number of benzene rings is 2. The van der Waals surface area contributed by atoms with E-state index < -0.39 is 0 Å². The minimum atomic E-state index is -0.167. The molecule has 148 valence electrons.